The van der Waals surface area contributed by atoms with Gasteiger partial charge in [-0.1, -0.05) is 0 Å². The topological polar surface area (TPSA) is 55.1 Å². The van der Waals surface area contributed by atoms with E-state index >= 15 is 0 Å². The summed E-state index contributed by atoms with van der Waals surface area (Å²) in [6.07, 6.45) is 5.14. The Labute approximate surface area is 120 Å². The summed E-state index contributed by atoms with van der Waals surface area (Å²) in [4.78, 5) is 10.1. The van der Waals surface area contributed by atoms with Crippen molar-refractivity contribution in [3.63, 3.8) is 0 Å². The molecule has 3 aromatic heterocycles. The highest BCUT2D eigenvalue weighted by atomic mass is 32.1. The van der Waals surface area contributed by atoms with Crippen molar-refractivity contribution in [3.8, 4) is 0 Å². The fourth-order valence-electron chi connectivity index (χ4n) is 2.85. The third kappa shape index (κ3) is 1.87. The molecular weight excluding hydrogens is 270 g/mol. The molecule has 6 heteroatoms. The second-order valence-electron chi connectivity index (χ2n) is 5.14. The molecule has 3 heterocycles. The SMILES string of the molecule is Cc1cc(NC2CCCc3sccc32)n2ncnc2n1. The number of rotatable bonds is 2. The van der Waals surface area contributed by atoms with Gasteiger partial charge in [-0.3, -0.25) is 0 Å². The van der Waals surface area contributed by atoms with E-state index in [1.807, 2.05) is 24.3 Å². The van der Waals surface area contributed by atoms with Gasteiger partial charge in [0.05, 0.1) is 6.04 Å². The van der Waals surface area contributed by atoms with E-state index in [-0.39, 0.29) is 0 Å². The normalized spacial score (nSPS) is 18.1. The van der Waals surface area contributed by atoms with Crippen LogP contribution in [0.1, 0.15) is 35.0 Å². The lowest BCUT2D eigenvalue weighted by atomic mass is 9.94. The molecule has 1 N–H and O–H groups in total. The van der Waals surface area contributed by atoms with E-state index in [1.54, 1.807) is 10.8 Å². The minimum absolute atomic E-state index is 0.360. The lowest BCUT2D eigenvalue weighted by molar-refractivity contribution is 0.604. The highest BCUT2D eigenvalue weighted by Crippen LogP contribution is 2.35. The lowest BCUT2D eigenvalue weighted by Gasteiger charge is -2.24. The number of aryl methyl sites for hydroxylation is 2. The van der Waals surface area contributed by atoms with Gasteiger partial charge in [0.2, 0.25) is 0 Å². The van der Waals surface area contributed by atoms with Crippen molar-refractivity contribution in [2.45, 2.75) is 32.2 Å². The smallest absolute Gasteiger partial charge is 0.254 e. The predicted octanol–water partition coefficient (Wildman–Crippen LogP) is 2.98. The van der Waals surface area contributed by atoms with Crippen LogP contribution < -0.4 is 5.32 Å². The molecule has 0 saturated carbocycles. The molecule has 1 aliphatic rings. The first kappa shape index (κ1) is 11.8. The van der Waals surface area contributed by atoms with Crippen LogP contribution in [0.2, 0.25) is 0 Å². The summed E-state index contributed by atoms with van der Waals surface area (Å²) in [5.74, 6) is 1.61. The van der Waals surface area contributed by atoms with Gasteiger partial charge in [-0.05, 0) is 43.2 Å². The van der Waals surface area contributed by atoms with Crippen LogP contribution in [-0.2, 0) is 6.42 Å². The Morgan fingerprint density at radius 3 is 3.35 bits per heavy atom. The molecule has 0 spiro atoms. The van der Waals surface area contributed by atoms with Gasteiger partial charge in [0.15, 0.2) is 0 Å². The highest BCUT2D eigenvalue weighted by Gasteiger charge is 2.22. The van der Waals surface area contributed by atoms with Gasteiger partial charge in [0.25, 0.3) is 5.78 Å². The second-order valence-corrected chi connectivity index (χ2v) is 6.14. The van der Waals surface area contributed by atoms with E-state index in [0.717, 1.165) is 17.9 Å². The molecule has 102 valence electrons. The first-order chi connectivity index (χ1) is 9.81. The van der Waals surface area contributed by atoms with Crippen LogP contribution in [0.15, 0.2) is 23.8 Å². The van der Waals surface area contributed by atoms with Gasteiger partial charge in [-0.15, -0.1) is 11.3 Å². The zero-order chi connectivity index (χ0) is 13.5. The van der Waals surface area contributed by atoms with Gasteiger partial charge in [0, 0.05) is 16.6 Å². The second kappa shape index (κ2) is 4.56. The van der Waals surface area contributed by atoms with Crippen molar-refractivity contribution in [1.29, 1.82) is 0 Å². The standard InChI is InChI=1S/C14H15N5S/c1-9-7-13(19-14(17-9)15-8-16-19)18-11-3-2-4-12-10(11)5-6-20-12/h5-8,11,18H,2-4H2,1H3. The molecule has 0 aromatic carbocycles. The molecule has 1 unspecified atom stereocenters. The molecule has 1 atom stereocenters. The zero-order valence-corrected chi connectivity index (χ0v) is 12.0. The van der Waals surface area contributed by atoms with Crippen LogP contribution in [0.25, 0.3) is 5.78 Å². The minimum atomic E-state index is 0.360. The average molecular weight is 285 g/mol. The Hall–Kier alpha value is -1.95. The first-order valence-corrected chi connectivity index (χ1v) is 7.69. The van der Waals surface area contributed by atoms with Crippen molar-refractivity contribution in [2.24, 2.45) is 0 Å². The Morgan fingerprint density at radius 2 is 2.40 bits per heavy atom. The van der Waals surface area contributed by atoms with Crippen molar-refractivity contribution < 1.29 is 0 Å². The van der Waals surface area contributed by atoms with E-state index in [2.05, 4.69) is 31.8 Å². The average Bonchev–Trinajstić information content (AvgIpc) is 3.06. The summed E-state index contributed by atoms with van der Waals surface area (Å²) in [5, 5.41) is 10.1. The van der Waals surface area contributed by atoms with E-state index in [9.17, 15) is 0 Å². The van der Waals surface area contributed by atoms with Crippen LogP contribution in [-0.4, -0.2) is 19.6 Å². The number of aromatic nitrogens is 4. The quantitative estimate of drug-likeness (QED) is 0.786. The number of fused-ring (bicyclic) bond motifs is 2. The maximum atomic E-state index is 4.38. The molecule has 3 aromatic rings. The van der Waals surface area contributed by atoms with E-state index < -0.39 is 0 Å². The molecule has 0 radical (unpaired) electrons. The molecule has 0 bridgehead atoms. The van der Waals surface area contributed by atoms with Crippen molar-refractivity contribution in [3.05, 3.63) is 40.0 Å². The maximum Gasteiger partial charge on any atom is 0.254 e. The van der Waals surface area contributed by atoms with E-state index in [0.29, 0.717) is 11.8 Å². The maximum absolute atomic E-state index is 4.38. The Bertz CT molecular complexity index is 760. The number of nitrogens with zero attached hydrogens (tertiary/aromatic N) is 4. The van der Waals surface area contributed by atoms with E-state index in [1.165, 1.54) is 23.3 Å². The summed E-state index contributed by atoms with van der Waals surface area (Å²) in [6, 6.07) is 4.63. The van der Waals surface area contributed by atoms with E-state index in [4.69, 9.17) is 0 Å². The molecule has 0 fully saturated rings. The largest absolute Gasteiger partial charge is 0.363 e. The van der Waals surface area contributed by atoms with Gasteiger partial charge in [-0.2, -0.15) is 14.6 Å². The molecule has 0 aliphatic heterocycles. The number of hydrogen-bond acceptors (Lipinski definition) is 5. The fraction of sp³-hybridized carbons (Fsp3) is 0.357. The predicted molar refractivity (Wildman–Crippen MR) is 79.1 cm³/mol. The third-order valence-electron chi connectivity index (χ3n) is 3.75. The van der Waals surface area contributed by atoms with Crippen LogP contribution in [0.4, 0.5) is 5.82 Å². The Kier molecular flexibility index (Phi) is 2.70. The highest BCUT2D eigenvalue weighted by molar-refractivity contribution is 7.10. The zero-order valence-electron chi connectivity index (χ0n) is 11.2. The molecule has 4 rings (SSSR count). The molecule has 20 heavy (non-hydrogen) atoms. The minimum Gasteiger partial charge on any atom is -0.363 e. The van der Waals surface area contributed by atoms with Crippen molar-refractivity contribution in [1.82, 2.24) is 19.6 Å². The Balaban J connectivity index is 1.74. The van der Waals surface area contributed by atoms with Gasteiger partial charge in [0.1, 0.15) is 12.1 Å². The lowest BCUT2D eigenvalue weighted by Crippen LogP contribution is -2.18. The van der Waals surface area contributed by atoms with Gasteiger partial charge < -0.3 is 5.32 Å². The van der Waals surface area contributed by atoms with Crippen LogP contribution in [0, 0.1) is 6.92 Å². The summed E-state index contributed by atoms with van der Waals surface area (Å²) >= 11 is 1.86. The monoisotopic (exact) mass is 285 g/mol. The molecule has 0 amide bonds. The number of nitrogens with one attached hydrogen (secondary N) is 1. The summed E-state index contributed by atoms with van der Waals surface area (Å²) < 4.78 is 1.77. The van der Waals surface area contributed by atoms with Crippen LogP contribution in [0.3, 0.4) is 0 Å². The Morgan fingerprint density at radius 1 is 1.45 bits per heavy atom. The first-order valence-electron chi connectivity index (χ1n) is 6.81. The van der Waals surface area contributed by atoms with Crippen LogP contribution in [0.5, 0.6) is 0 Å². The van der Waals surface area contributed by atoms with Gasteiger partial charge in [-0.25, -0.2) is 4.98 Å². The molecular formula is C14H15N5S. The summed E-state index contributed by atoms with van der Waals surface area (Å²) in [7, 11) is 0. The molecule has 0 saturated heterocycles. The van der Waals surface area contributed by atoms with Crippen molar-refractivity contribution in [2.75, 3.05) is 5.32 Å². The molecule has 1 aliphatic carbocycles. The fourth-order valence-corrected chi connectivity index (χ4v) is 3.84. The molecule has 5 nitrogen and oxygen atoms in total. The van der Waals surface area contributed by atoms with Gasteiger partial charge >= 0.3 is 0 Å². The summed E-state index contributed by atoms with van der Waals surface area (Å²) in [6.45, 7) is 1.98. The number of anilines is 1. The van der Waals surface area contributed by atoms with Crippen LogP contribution >= 0.6 is 11.3 Å². The summed E-state index contributed by atoms with van der Waals surface area (Å²) in [5.41, 5.74) is 2.39. The number of hydrogen-bond donors (Lipinski definition) is 1. The number of thiophene rings is 1. The van der Waals surface area contributed by atoms with Crippen molar-refractivity contribution >= 4 is 22.9 Å². The third-order valence-corrected chi connectivity index (χ3v) is 4.75.